The number of aliphatic carboxylic acids is 1. The summed E-state index contributed by atoms with van der Waals surface area (Å²) in [4.78, 5) is 23.2. The molecule has 20 heavy (non-hydrogen) atoms. The van der Waals surface area contributed by atoms with Gasteiger partial charge in [0.1, 0.15) is 0 Å². The maximum atomic E-state index is 11.9. The van der Waals surface area contributed by atoms with E-state index in [0.29, 0.717) is 24.9 Å². The van der Waals surface area contributed by atoms with Crippen molar-refractivity contribution in [2.24, 2.45) is 5.73 Å². The first-order chi connectivity index (χ1) is 9.32. The van der Waals surface area contributed by atoms with Crippen LogP contribution in [-0.2, 0) is 15.0 Å². The van der Waals surface area contributed by atoms with Crippen LogP contribution >= 0.6 is 0 Å². The van der Waals surface area contributed by atoms with E-state index in [-0.39, 0.29) is 5.91 Å². The number of carbonyl (C=O) groups is 2. The van der Waals surface area contributed by atoms with Crippen LogP contribution in [0.2, 0.25) is 0 Å². The lowest BCUT2D eigenvalue weighted by atomic mass is 9.95. The van der Waals surface area contributed by atoms with Crippen LogP contribution in [0.5, 0.6) is 0 Å². The molecule has 0 spiro atoms. The zero-order valence-corrected chi connectivity index (χ0v) is 11.8. The van der Waals surface area contributed by atoms with Crippen molar-refractivity contribution in [2.45, 2.75) is 44.1 Å². The molecular formula is C15H20N2O3. The zero-order valence-electron chi connectivity index (χ0n) is 11.8. The number of nitrogens with two attached hydrogens (primary N) is 1. The number of amides is 1. The Morgan fingerprint density at radius 2 is 1.90 bits per heavy atom. The molecule has 1 saturated carbocycles. The Balaban J connectivity index is 2.10. The summed E-state index contributed by atoms with van der Waals surface area (Å²) >= 11 is 0. The van der Waals surface area contributed by atoms with Crippen molar-refractivity contribution in [3.63, 3.8) is 0 Å². The molecule has 1 amide bonds. The summed E-state index contributed by atoms with van der Waals surface area (Å²) in [6, 6.07) is 6.97. The van der Waals surface area contributed by atoms with Crippen LogP contribution in [-0.4, -0.2) is 22.5 Å². The zero-order chi connectivity index (χ0) is 15.0. The van der Waals surface area contributed by atoms with E-state index in [0.717, 1.165) is 5.56 Å². The van der Waals surface area contributed by atoms with Crippen molar-refractivity contribution in [2.75, 3.05) is 5.32 Å². The number of hydrogen-bond acceptors (Lipinski definition) is 3. The van der Waals surface area contributed by atoms with Gasteiger partial charge in [0.15, 0.2) is 0 Å². The highest BCUT2D eigenvalue weighted by Crippen LogP contribution is 2.48. The fourth-order valence-electron chi connectivity index (χ4n) is 2.06. The van der Waals surface area contributed by atoms with Crippen LogP contribution < -0.4 is 11.1 Å². The minimum atomic E-state index is -0.905. The van der Waals surface area contributed by atoms with E-state index in [1.165, 1.54) is 0 Å². The van der Waals surface area contributed by atoms with E-state index in [2.05, 4.69) is 5.32 Å². The second-order valence-corrected chi connectivity index (χ2v) is 5.69. The number of hydrogen-bond donors (Lipinski definition) is 3. The van der Waals surface area contributed by atoms with Gasteiger partial charge in [-0.2, -0.15) is 0 Å². The Labute approximate surface area is 118 Å². The van der Waals surface area contributed by atoms with Crippen molar-refractivity contribution in [3.05, 3.63) is 29.8 Å². The van der Waals surface area contributed by atoms with Crippen LogP contribution in [0.1, 0.15) is 38.7 Å². The summed E-state index contributed by atoms with van der Waals surface area (Å²) in [6.45, 7) is 3.53. The van der Waals surface area contributed by atoms with Gasteiger partial charge >= 0.3 is 5.97 Å². The molecule has 5 nitrogen and oxygen atoms in total. The van der Waals surface area contributed by atoms with Crippen molar-refractivity contribution >= 4 is 17.6 Å². The summed E-state index contributed by atoms with van der Waals surface area (Å²) in [5.74, 6) is -1.03. The summed E-state index contributed by atoms with van der Waals surface area (Å²) in [6.07, 6.45) is 1.88. The molecule has 0 saturated heterocycles. The van der Waals surface area contributed by atoms with Crippen molar-refractivity contribution < 1.29 is 14.7 Å². The molecule has 0 heterocycles. The van der Waals surface area contributed by atoms with Crippen LogP contribution in [0.4, 0.5) is 5.69 Å². The topological polar surface area (TPSA) is 92.4 Å². The number of carbonyl (C=O) groups excluding carboxylic acids is 1. The molecule has 0 aliphatic heterocycles. The molecule has 0 aromatic heterocycles. The van der Waals surface area contributed by atoms with E-state index in [9.17, 15) is 14.7 Å². The highest BCUT2D eigenvalue weighted by Gasteiger charge is 2.51. The van der Waals surface area contributed by atoms with Gasteiger partial charge in [-0.1, -0.05) is 19.1 Å². The van der Waals surface area contributed by atoms with Crippen LogP contribution in [0, 0.1) is 0 Å². The molecule has 1 aliphatic carbocycles. The third-order valence-corrected chi connectivity index (χ3v) is 4.11. The smallest absolute Gasteiger partial charge is 0.314 e. The SMILES string of the molecule is CCC(C)(N)C(=O)Nc1ccc(C2(C(=O)O)CC2)cc1. The predicted molar refractivity (Wildman–Crippen MR) is 76.5 cm³/mol. The molecule has 0 bridgehead atoms. The van der Waals surface area contributed by atoms with E-state index in [1.54, 1.807) is 31.2 Å². The fraction of sp³-hybridized carbons (Fsp3) is 0.467. The van der Waals surface area contributed by atoms with Gasteiger partial charge in [-0.05, 0) is 43.9 Å². The lowest BCUT2D eigenvalue weighted by Gasteiger charge is -2.21. The Morgan fingerprint density at radius 1 is 1.35 bits per heavy atom. The van der Waals surface area contributed by atoms with E-state index < -0.39 is 16.9 Å². The first kappa shape index (κ1) is 14.5. The second-order valence-electron chi connectivity index (χ2n) is 5.69. The van der Waals surface area contributed by atoms with Gasteiger partial charge in [-0.15, -0.1) is 0 Å². The van der Waals surface area contributed by atoms with E-state index in [1.807, 2.05) is 6.92 Å². The normalized spacial score (nSPS) is 18.9. The monoisotopic (exact) mass is 276 g/mol. The standard InChI is InChI=1S/C15H20N2O3/c1-3-14(2,16)12(18)17-11-6-4-10(5-7-11)15(8-9-15)13(19)20/h4-7H,3,8-9,16H2,1-2H3,(H,17,18)(H,19,20). The van der Waals surface area contributed by atoms with Gasteiger partial charge in [0, 0.05) is 5.69 Å². The Kier molecular flexibility index (Phi) is 3.56. The number of anilines is 1. The van der Waals surface area contributed by atoms with Crippen molar-refractivity contribution in [1.29, 1.82) is 0 Å². The molecule has 108 valence electrons. The molecule has 1 aromatic rings. The fourth-order valence-corrected chi connectivity index (χ4v) is 2.06. The average Bonchev–Trinajstić information content (AvgIpc) is 3.21. The number of nitrogens with one attached hydrogen (secondary N) is 1. The minimum absolute atomic E-state index is 0.243. The van der Waals surface area contributed by atoms with Crippen molar-refractivity contribution in [1.82, 2.24) is 0 Å². The number of carboxylic acid groups (broad SMARTS) is 1. The molecular weight excluding hydrogens is 256 g/mol. The van der Waals surface area contributed by atoms with Gasteiger partial charge in [0.25, 0.3) is 0 Å². The maximum absolute atomic E-state index is 11.9. The minimum Gasteiger partial charge on any atom is -0.481 e. The maximum Gasteiger partial charge on any atom is 0.314 e. The van der Waals surface area contributed by atoms with Crippen molar-refractivity contribution in [3.8, 4) is 0 Å². The lowest BCUT2D eigenvalue weighted by Crippen LogP contribution is -2.47. The van der Waals surface area contributed by atoms with Crippen LogP contribution in [0.25, 0.3) is 0 Å². The molecule has 2 rings (SSSR count). The first-order valence-electron chi connectivity index (χ1n) is 6.76. The Bertz CT molecular complexity index is 531. The average molecular weight is 276 g/mol. The Hall–Kier alpha value is -1.88. The predicted octanol–water partition coefficient (Wildman–Crippen LogP) is 1.87. The van der Waals surface area contributed by atoms with Gasteiger partial charge in [-0.3, -0.25) is 9.59 Å². The second kappa shape index (κ2) is 4.90. The lowest BCUT2D eigenvalue weighted by molar-refractivity contribution is -0.140. The van der Waals surface area contributed by atoms with Gasteiger partial charge in [-0.25, -0.2) is 0 Å². The molecule has 5 heteroatoms. The highest BCUT2D eigenvalue weighted by molar-refractivity contribution is 5.97. The number of carboxylic acids is 1. The van der Waals surface area contributed by atoms with Crippen LogP contribution in [0.3, 0.4) is 0 Å². The quantitative estimate of drug-likeness (QED) is 0.765. The van der Waals surface area contributed by atoms with Gasteiger partial charge in [0.05, 0.1) is 11.0 Å². The van der Waals surface area contributed by atoms with E-state index in [4.69, 9.17) is 5.73 Å². The van der Waals surface area contributed by atoms with Gasteiger partial charge < -0.3 is 16.2 Å². The molecule has 1 unspecified atom stereocenters. The highest BCUT2D eigenvalue weighted by atomic mass is 16.4. The summed E-state index contributed by atoms with van der Waals surface area (Å²) in [5, 5.41) is 12.0. The number of rotatable bonds is 5. The third-order valence-electron chi connectivity index (χ3n) is 4.11. The molecule has 4 N–H and O–H groups in total. The van der Waals surface area contributed by atoms with Crippen LogP contribution in [0.15, 0.2) is 24.3 Å². The van der Waals surface area contributed by atoms with E-state index >= 15 is 0 Å². The molecule has 1 aliphatic rings. The van der Waals surface area contributed by atoms with Gasteiger partial charge in [0.2, 0.25) is 5.91 Å². The molecule has 1 aromatic carbocycles. The largest absolute Gasteiger partial charge is 0.481 e. The molecule has 1 fully saturated rings. The first-order valence-corrected chi connectivity index (χ1v) is 6.76. The Morgan fingerprint density at radius 3 is 2.30 bits per heavy atom. The molecule has 0 radical (unpaired) electrons. The summed E-state index contributed by atoms with van der Waals surface area (Å²) in [7, 11) is 0. The number of benzene rings is 1. The summed E-state index contributed by atoms with van der Waals surface area (Å²) in [5.41, 5.74) is 5.66. The third kappa shape index (κ3) is 2.54. The molecule has 1 atom stereocenters. The summed E-state index contributed by atoms with van der Waals surface area (Å²) < 4.78 is 0.